The van der Waals surface area contributed by atoms with Crippen molar-refractivity contribution in [1.29, 1.82) is 0 Å². The monoisotopic (exact) mass is 313 g/mol. The summed E-state index contributed by atoms with van der Waals surface area (Å²) in [6.07, 6.45) is 1.52. The Kier molecular flexibility index (Phi) is 3.93. The fraction of sp³-hybridized carbons (Fsp3) is 0.125. The quantitative estimate of drug-likeness (QED) is 0.597. The maximum Gasteiger partial charge on any atom is 0.211 e. The Balaban J connectivity index is 1.97. The number of hydrogen-bond donors (Lipinski definition) is 1. The fourth-order valence-corrected chi connectivity index (χ4v) is 3.06. The van der Waals surface area contributed by atoms with Gasteiger partial charge in [-0.2, -0.15) is 5.10 Å². The topological polar surface area (TPSA) is 59.1 Å². The van der Waals surface area contributed by atoms with Crippen molar-refractivity contribution in [1.82, 2.24) is 4.57 Å². The van der Waals surface area contributed by atoms with Crippen molar-refractivity contribution in [3.05, 3.63) is 52.8 Å². The molecule has 0 saturated carbocycles. The standard InChI is InChI=1S/C16H15N3O2S/c1-19-13-5-3-4-6-15(13)22-16(19)18-17-10-11-9-12(21-2)7-8-14(11)20/h3-10,20H,1-2H3/b17-10+,18-16+. The van der Waals surface area contributed by atoms with Crippen LogP contribution in [0.25, 0.3) is 10.2 Å². The summed E-state index contributed by atoms with van der Waals surface area (Å²) in [5.74, 6) is 0.798. The van der Waals surface area contributed by atoms with Gasteiger partial charge >= 0.3 is 0 Å². The number of benzene rings is 2. The van der Waals surface area contributed by atoms with Crippen molar-refractivity contribution in [2.45, 2.75) is 0 Å². The molecule has 1 N–H and O–H groups in total. The van der Waals surface area contributed by atoms with E-state index in [1.165, 1.54) is 6.21 Å². The molecule has 0 unspecified atom stereocenters. The van der Waals surface area contributed by atoms with E-state index in [1.807, 2.05) is 29.8 Å². The molecular formula is C16H15N3O2S. The number of fused-ring (bicyclic) bond motifs is 1. The lowest BCUT2D eigenvalue weighted by atomic mass is 10.2. The van der Waals surface area contributed by atoms with Crippen LogP contribution in [0.5, 0.6) is 11.5 Å². The van der Waals surface area contributed by atoms with Crippen LogP contribution >= 0.6 is 11.3 Å². The number of rotatable bonds is 3. The zero-order valence-electron chi connectivity index (χ0n) is 12.2. The maximum absolute atomic E-state index is 9.81. The molecule has 3 rings (SSSR count). The first-order valence-corrected chi connectivity index (χ1v) is 7.49. The summed E-state index contributed by atoms with van der Waals surface area (Å²) in [4.78, 5) is 0.792. The van der Waals surface area contributed by atoms with Crippen LogP contribution in [0.3, 0.4) is 0 Å². The van der Waals surface area contributed by atoms with Crippen LogP contribution in [-0.2, 0) is 7.05 Å². The second-order valence-corrected chi connectivity index (χ2v) is 5.69. The van der Waals surface area contributed by atoms with E-state index in [2.05, 4.69) is 16.3 Å². The first-order valence-electron chi connectivity index (χ1n) is 6.67. The molecule has 5 nitrogen and oxygen atoms in total. The number of para-hydroxylation sites is 1. The van der Waals surface area contributed by atoms with Crippen LogP contribution in [0.2, 0.25) is 0 Å². The zero-order valence-corrected chi connectivity index (χ0v) is 13.0. The fourth-order valence-electron chi connectivity index (χ4n) is 2.08. The second kappa shape index (κ2) is 6.03. The SMILES string of the molecule is COc1ccc(O)c(/C=N/N=c2/sc3ccccc3n2C)c1. The number of aryl methyl sites for hydroxylation is 1. The summed E-state index contributed by atoms with van der Waals surface area (Å²) >= 11 is 1.57. The third-order valence-electron chi connectivity index (χ3n) is 3.29. The zero-order chi connectivity index (χ0) is 15.5. The molecule has 6 heteroatoms. The van der Waals surface area contributed by atoms with E-state index in [-0.39, 0.29) is 5.75 Å². The number of phenols is 1. The second-order valence-electron chi connectivity index (χ2n) is 4.68. The van der Waals surface area contributed by atoms with E-state index < -0.39 is 0 Å². The number of thiazole rings is 1. The predicted molar refractivity (Wildman–Crippen MR) is 88.6 cm³/mol. The minimum Gasteiger partial charge on any atom is -0.507 e. The lowest BCUT2D eigenvalue weighted by molar-refractivity contribution is 0.412. The highest BCUT2D eigenvalue weighted by Gasteiger charge is 2.02. The van der Waals surface area contributed by atoms with Crippen molar-refractivity contribution in [2.75, 3.05) is 7.11 Å². The number of aromatic nitrogens is 1. The normalized spacial score (nSPS) is 12.4. The van der Waals surface area contributed by atoms with E-state index in [0.717, 1.165) is 15.0 Å². The molecule has 0 radical (unpaired) electrons. The average molecular weight is 313 g/mol. The first-order chi connectivity index (χ1) is 10.7. The van der Waals surface area contributed by atoms with Gasteiger partial charge in [0, 0.05) is 12.6 Å². The maximum atomic E-state index is 9.81. The number of methoxy groups -OCH3 is 1. The van der Waals surface area contributed by atoms with E-state index in [0.29, 0.717) is 11.3 Å². The smallest absolute Gasteiger partial charge is 0.211 e. The molecule has 0 amide bonds. The van der Waals surface area contributed by atoms with Gasteiger partial charge in [0.25, 0.3) is 0 Å². The van der Waals surface area contributed by atoms with Crippen molar-refractivity contribution >= 4 is 27.8 Å². The summed E-state index contributed by atoms with van der Waals surface area (Å²) in [5.41, 5.74) is 1.68. The van der Waals surface area contributed by atoms with Crippen LogP contribution in [0.1, 0.15) is 5.56 Å². The van der Waals surface area contributed by atoms with Crippen molar-refractivity contribution in [2.24, 2.45) is 17.3 Å². The Bertz CT molecular complexity index is 909. The molecule has 0 aliphatic rings. The van der Waals surface area contributed by atoms with Gasteiger partial charge in [0.2, 0.25) is 4.80 Å². The lowest BCUT2D eigenvalue weighted by Crippen LogP contribution is -2.08. The Morgan fingerprint density at radius 2 is 2.05 bits per heavy atom. The van der Waals surface area contributed by atoms with Gasteiger partial charge in [-0.3, -0.25) is 0 Å². The number of phenolic OH excluding ortho intramolecular Hbond substituents is 1. The third kappa shape index (κ3) is 2.73. The van der Waals surface area contributed by atoms with Gasteiger partial charge in [0.05, 0.1) is 23.5 Å². The predicted octanol–water partition coefficient (Wildman–Crippen LogP) is 2.89. The molecule has 112 valence electrons. The molecule has 0 saturated heterocycles. The van der Waals surface area contributed by atoms with Crippen LogP contribution in [0.4, 0.5) is 0 Å². The summed E-state index contributed by atoms with van der Waals surface area (Å²) in [6, 6.07) is 13.1. The van der Waals surface area contributed by atoms with E-state index in [1.54, 1.807) is 36.6 Å². The van der Waals surface area contributed by atoms with Gasteiger partial charge in [-0.25, -0.2) is 0 Å². The Labute approximate surface area is 131 Å². The minimum absolute atomic E-state index is 0.139. The van der Waals surface area contributed by atoms with Gasteiger partial charge in [-0.15, -0.1) is 5.10 Å². The van der Waals surface area contributed by atoms with Crippen LogP contribution < -0.4 is 9.54 Å². The summed E-state index contributed by atoms with van der Waals surface area (Å²) in [5, 5.41) is 18.1. The molecule has 22 heavy (non-hydrogen) atoms. The highest BCUT2D eigenvalue weighted by atomic mass is 32.1. The molecule has 0 aliphatic heterocycles. The molecule has 0 bridgehead atoms. The minimum atomic E-state index is 0.139. The van der Waals surface area contributed by atoms with E-state index in [9.17, 15) is 5.11 Å². The Hall–Kier alpha value is -2.60. The number of aromatic hydroxyl groups is 1. The molecule has 1 aromatic heterocycles. The van der Waals surface area contributed by atoms with Crippen molar-refractivity contribution in [3.63, 3.8) is 0 Å². The highest BCUT2D eigenvalue weighted by Crippen LogP contribution is 2.21. The molecule has 1 heterocycles. The van der Waals surface area contributed by atoms with Crippen molar-refractivity contribution in [3.8, 4) is 11.5 Å². The molecule has 0 spiro atoms. The molecule has 0 fully saturated rings. The van der Waals surface area contributed by atoms with Gasteiger partial charge in [0.15, 0.2) is 0 Å². The van der Waals surface area contributed by atoms with Gasteiger partial charge in [0.1, 0.15) is 11.5 Å². The van der Waals surface area contributed by atoms with Gasteiger partial charge < -0.3 is 14.4 Å². The average Bonchev–Trinajstić information content (AvgIpc) is 2.86. The number of ether oxygens (including phenoxy) is 1. The van der Waals surface area contributed by atoms with Crippen molar-refractivity contribution < 1.29 is 9.84 Å². The third-order valence-corrected chi connectivity index (χ3v) is 4.39. The molecule has 3 aromatic rings. The van der Waals surface area contributed by atoms with Crippen LogP contribution in [0, 0.1) is 0 Å². The Morgan fingerprint density at radius 3 is 2.82 bits per heavy atom. The molecule has 0 atom stereocenters. The van der Waals surface area contributed by atoms with Gasteiger partial charge in [-0.1, -0.05) is 23.5 Å². The summed E-state index contributed by atoms with van der Waals surface area (Å²) < 4.78 is 8.27. The number of nitrogens with zero attached hydrogens (tertiary/aromatic N) is 3. The van der Waals surface area contributed by atoms with Crippen LogP contribution in [-0.4, -0.2) is 23.0 Å². The molecular weight excluding hydrogens is 298 g/mol. The highest BCUT2D eigenvalue weighted by molar-refractivity contribution is 7.16. The largest absolute Gasteiger partial charge is 0.507 e. The van der Waals surface area contributed by atoms with E-state index in [4.69, 9.17) is 4.74 Å². The summed E-state index contributed by atoms with van der Waals surface area (Å²) in [6.45, 7) is 0. The van der Waals surface area contributed by atoms with Crippen LogP contribution in [0.15, 0.2) is 52.7 Å². The number of hydrogen-bond acceptors (Lipinski definition) is 5. The Morgan fingerprint density at radius 1 is 1.23 bits per heavy atom. The van der Waals surface area contributed by atoms with Gasteiger partial charge in [-0.05, 0) is 30.3 Å². The summed E-state index contributed by atoms with van der Waals surface area (Å²) in [7, 11) is 3.53. The first kappa shape index (κ1) is 14.3. The lowest BCUT2D eigenvalue weighted by Gasteiger charge is -2.01. The molecule has 0 aliphatic carbocycles. The molecule has 2 aromatic carbocycles. The van der Waals surface area contributed by atoms with E-state index >= 15 is 0 Å².